The van der Waals surface area contributed by atoms with Crippen molar-refractivity contribution >= 4 is 34.6 Å². The molecule has 1 aromatic heterocycles. The third kappa shape index (κ3) is 4.72. The van der Waals surface area contributed by atoms with Crippen LogP contribution in [0.4, 0.5) is 20.6 Å². The second-order valence-electron chi connectivity index (χ2n) is 7.51. The first-order valence-electron chi connectivity index (χ1n) is 9.96. The number of hydrogen-bond donors (Lipinski definition) is 2. The van der Waals surface area contributed by atoms with Crippen LogP contribution in [0, 0.1) is 19.7 Å². The van der Waals surface area contributed by atoms with Gasteiger partial charge < -0.3 is 15.5 Å². The van der Waals surface area contributed by atoms with Gasteiger partial charge in [-0.15, -0.1) is 10.2 Å². The molecule has 9 heteroatoms. The number of aryl methyl sites for hydroxylation is 2. The number of rotatable bonds is 4. The zero-order valence-corrected chi connectivity index (χ0v) is 18.0. The Morgan fingerprint density at radius 1 is 1.13 bits per heavy atom. The second kappa shape index (κ2) is 8.81. The predicted molar refractivity (Wildman–Crippen MR) is 118 cm³/mol. The van der Waals surface area contributed by atoms with Gasteiger partial charge in [0, 0.05) is 17.9 Å². The number of likely N-dealkylation sites (tertiary alicyclic amines) is 1. The molecule has 160 valence electrons. The molecule has 2 N–H and O–H groups in total. The molecule has 4 rings (SSSR count). The van der Waals surface area contributed by atoms with Crippen molar-refractivity contribution in [3.63, 3.8) is 0 Å². The van der Waals surface area contributed by atoms with Gasteiger partial charge in [0.1, 0.15) is 10.8 Å². The molecule has 0 unspecified atom stereocenters. The fourth-order valence-electron chi connectivity index (χ4n) is 3.54. The average molecular weight is 440 g/mol. The molecule has 3 amide bonds. The number of nitrogens with zero attached hydrogens (tertiary/aromatic N) is 3. The summed E-state index contributed by atoms with van der Waals surface area (Å²) in [6, 6.07) is 11.1. The topological polar surface area (TPSA) is 87.2 Å². The molecule has 1 saturated heterocycles. The first kappa shape index (κ1) is 20.9. The Bertz CT molecular complexity index is 1130. The smallest absolute Gasteiger partial charge is 0.320 e. The highest BCUT2D eigenvalue weighted by Gasteiger charge is 2.33. The molecule has 0 radical (unpaired) electrons. The molecule has 0 aliphatic carbocycles. The van der Waals surface area contributed by atoms with Gasteiger partial charge in [-0.2, -0.15) is 0 Å². The van der Waals surface area contributed by atoms with E-state index in [2.05, 4.69) is 20.8 Å². The van der Waals surface area contributed by atoms with E-state index in [1.807, 2.05) is 32.0 Å². The third-order valence-corrected chi connectivity index (χ3v) is 6.17. The van der Waals surface area contributed by atoms with Gasteiger partial charge in [0.25, 0.3) is 5.91 Å². The van der Waals surface area contributed by atoms with Crippen LogP contribution in [0.5, 0.6) is 0 Å². The Labute approximate surface area is 183 Å². The van der Waals surface area contributed by atoms with Crippen molar-refractivity contribution in [3.05, 3.63) is 69.4 Å². The first-order chi connectivity index (χ1) is 14.9. The minimum absolute atomic E-state index is 0.168. The number of aromatic nitrogens is 2. The normalized spacial score (nSPS) is 15.7. The molecule has 0 spiro atoms. The number of nitrogens with one attached hydrogen (secondary N) is 2. The number of urea groups is 1. The molecule has 1 atom stereocenters. The standard InChI is InChI=1S/C22H22FN5O2S/c1-13-8-9-14(2)17(11-13)25-22(30)28-10-4-7-18(28)20-26-27-21(31-20)19(29)24-16-6-3-5-15(23)12-16/h3,5-6,8-9,11-12,18H,4,7,10H2,1-2H3,(H,24,29)(H,25,30)/t18-/m1/s1. The van der Waals surface area contributed by atoms with E-state index >= 15 is 0 Å². The van der Waals surface area contributed by atoms with E-state index in [1.165, 1.54) is 18.2 Å². The summed E-state index contributed by atoms with van der Waals surface area (Å²) in [6.07, 6.45) is 1.59. The monoisotopic (exact) mass is 439 g/mol. The van der Waals surface area contributed by atoms with Crippen molar-refractivity contribution in [2.45, 2.75) is 32.7 Å². The fourth-order valence-corrected chi connectivity index (χ4v) is 4.42. The summed E-state index contributed by atoms with van der Waals surface area (Å²) in [5, 5.41) is 14.5. The van der Waals surface area contributed by atoms with Crippen molar-refractivity contribution in [2.75, 3.05) is 17.2 Å². The van der Waals surface area contributed by atoms with E-state index in [1.54, 1.807) is 11.0 Å². The van der Waals surface area contributed by atoms with Crippen molar-refractivity contribution in [1.29, 1.82) is 0 Å². The number of carbonyl (C=O) groups is 2. The number of halogens is 1. The largest absolute Gasteiger partial charge is 0.322 e. The van der Waals surface area contributed by atoms with Crippen LogP contribution in [-0.4, -0.2) is 33.6 Å². The van der Waals surface area contributed by atoms with E-state index in [4.69, 9.17) is 0 Å². The SMILES string of the molecule is Cc1ccc(C)c(NC(=O)N2CCC[C@@H]2c2nnc(C(=O)Nc3cccc(F)c3)s2)c1. The molecule has 2 aromatic carbocycles. The summed E-state index contributed by atoms with van der Waals surface area (Å²) in [4.78, 5) is 27.1. The van der Waals surface area contributed by atoms with Crippen LogP contribution >= 0.6 is 11.3 Å². The molecule has 1 fully saturated rings. The van der Waals surface area contributed by atoms with Gasteiger partial charge in [0.15, 0.2) is 0 Å². The van der Waals surface area contributed by atoms with E-state index in [0.717, 1.165) is 41.0 Å². The van der Waals surface area contributed by atoms with Crippen molar-refractivity contribution < 1.29 is 14.0 Å². The zero-order chi connectivity index (χ0) is 22.0. The van der Waals surface area contributed by atoms with Gasteiger partial charge in [0.05, 0.1) is 6.04 Å². The molecule has 31 heavy (non-hydrogen) atoms. The lowest BCUT2D eigenvalue weighted by Crippen LogP contribution is -2.34. The van der Waals surface area contributed by atoms with Gasteiger partial charge in [-0.3, -0.25) is 4.79 Å². The lowest BCUT2D eigenvalue weighted by atomic mass is 10.1. The van der Waals surface area contributed by atoms with E-state index in [0.29, 0.717) is 17.2 Å². The van der Waals surface area contributed by atoms with E-state index in [9.17, 15) is 14.0 Å². The van der Waals surface area contributed by atoms with Gasteiger partial charge in [-0.1, -0.05) is 29.5 Å². The van der Waals surface area contributed by atoms with Crippen molar-refractivity contribution in [1.82, 2.24) is 15.1 Å². The minimum Gasteiger partial charge on any atom is -0.320 e. The number of amides is 3. The van der Waals surface area contributed by atoms with E-state index < -0.39 is 11.7 Å². The lowest BCUT2D eigenvalue weighted by Gasteiger charge is -2.23. The lowest BCUT2D eigenvalue weighted by molar-refractivity contribution is 0.102. The molecular weight excluding hydrogens is 417 g/mol. The highest BCUT2D eigenvalue weighted by Crippen LogP contribution is 2.34. The molecule has 3 aromatic rings. The van der Waals surface area contributed by atoms with Crippen LogP contribution < -0.4 is 10.6 Å². The van der Waals surface area contributed by atoms with Crippen LogP contribution in [0.25, 0.3) is 0 Å². The van der Waals surface area contributed by atoms with Crippen LogP contribution in [0.15, 0.2) is 42.5 Å². The molecular formula is C22H22FN5O2S. The molecule has 2 heterocycles. The van der Waals surface area contributed by atoms with Crippen molar-refractivity contribution in [3.8, 4) is 0 Å². The van der Waals surface area contributed by atoms with Crippen LogP contribution in [0.1, 0.15) is 44.8 Å². The Hall–Kier alpha value is -3.33. The maximum atomic E-state index is 13.3. The number of hydrogen-bond acceptors (Lipinski definition) is 5. The van der Waals surface area contributed by atoms with E-state index in [-0.39, 0.29) is 17.1 Å². The summed E-state index contributed by atoms with van der Waals surface area (Å²) >= 11 is 1.15. The van der Waals surface area contributed by atoms with Gasteiger partial charge in [0.2, 0.25) is 5.01 Å². The number of carbonyl (C=O) groups excluding carboxylic acids is 2. The second-order valence-corrected chi connectivity index (χ2v) is 8.52. The third-order valence-electron chi connectivity index (χ3n) is 5.15. The summed E-state index contributed by atoms with van der Waals surface area (Å²) in [7, 11) is 0. The van der Waals surface area contributed by atoms with Gasteiger partial charge in [-0.25, -0.2) is 9.18 Å². The average Bonchev–Trinajstić information content (AvgIpc) is 3.40. The quantitative estimate of drug-likeness (QED) is 0.604. The predicted octanol–water partition coefficient (Wildman–Crippen LogP) is 4.92. The highest BCUT2D eigenvalue weighted by atomic mass is 32.1. The maximum Gasteiger partial charge on any atom is 0.322 e. The molecule has 1 aliphatic heterocycles. The van der Waals surface area contributed by atoms with Crippen LogP contribution in [-0.2, 0) is 0 Å². The van der Waals surface area contributed by atoms with Crippen LogP contribution in [0.3, 0.4) is 0 Å². The Kier molecular flexibility index (Phi) is 5.94. The summed E-state index contributed by atoms with van der Waals surface area (Å²) in [5.74, 6) is -0.897. The summed E-state index contributed by atoms with van der Waals surface area (Å²) in [6.45, 7) is 4.53. The molecule has 0 saturated carbocycles. The fraction of sp³-hybridized carbons (Fsp3) is 0.273. The summed E-state index contributed by atoms with van der Waals surface area (Å²) in [5.41, 5.74) is 3.18. The maximum absolute atomic E-state index is 13.3. The Balaban J connectivity index is 1.46. The molecule has 1 aliphatic rings. The zero-order valence-electron chi connectivity index (χ0n) is 17.2. The van der Waals surface area contributed by atoms with Gasteiger partial charge in [-0.05, 0) is 62.1 Å². The highest BCUT2D eigenvalue weighted by molar-refractivity contribution is 7.13. The number of anilines is 2. The van der Waals surface area contributed by atoms with Crippen LogP contribution in [0.2, 0.25) is 0 Å². The first-order valence-corrected chi connectivity index (χ1v) is 10.8. The summed E-state index contributed by atoms with van der Waals surface area (Å²) < 4.78 is 13.3. The van der Waals surface area contributed by atoms with Crippen molar-refractivity contribution in [2.24, 2.45) is 0 Å². The van der Waals surface area contributed by atoms with Gasteiger partial charge >= 0.3 is 6.03 Å². The Morgan fingerprint density at radius 3 is 2.77 bits per heavy atom. The minimum atomic E-state index is -0.460. The molecule has 0 bridgehead atoms. The molecule has 7 nitrogen and oxygen atoms in total. The number of benzene rings is 2. The Morgan fingerprint density at radius 2 is 1.97 bits per heavy atom.